The maximum absolute atomic E-state index is 12.4. The van der Waals surface area contributed by atoms with E-state index in [4.69, 9.17) is 14.2 Å². The maximum atomic E-state index is 12.4. The molecule has 3 atom stereocenters. The molecule has 7 heteroatoms. The van der Waals surface area contributed by atoms with Crippen molar-refractivity contribution in [1.82, 2.24) is 0 Å². The molecule has 0 radical (unpaired) electrons. The Bertz CT molecular complexity index is 1070. The fourth-order valence-electron chi connectivity index (χ4n) is 4.71. The number of phenols is 1. The predicted molar refractivity (Wildman–Crippen MR) is 88.8 cm³/mol. The quantitative estimate of drug-likeness (QED) is 0.736. The summed E-state index contributed by atoms with van der Waals surface area (Å²) >= 11 is 0. The zero-order chi connectivity index (χ0) is 18.6. The summed E-state index contributed by atoms with van der Waals surface area (Å²) in [4.78, 5) is 24.9. The molecule has 27 heavy (non-hydrogen) atoms. The summed E-state index contributed by atoms with van der Waals surface area (Å²) in [7, 11) is 0. The molecule has 0 amide bonds. The third-order valence-electron chi connectivity index (χ3n) is 5.83. The van der Waals surface area contributed by atoms with Crippen LogP contribution in [0, 0.1) is 0 Å². The molecule has 0 saturated carbocycles. The van der Waals surface area contributed by atoms with Crippen LogP contribution in [0.15, 0.2) is 30.3 Å². The third-order valence-corrected chi connectivity index (χ3v) is 5.83. The van der Waals surface area contributed by atoms with Crippen LogP contribution in [-0.4, -0.2) is 27.9 Å². The van der Waals surface area contributed by atoms with Crippen LogP contribution in [-0.2, 0) is 16.3 Å². The number of aromatic hydroxyl groups is 1. The van der Waals surface area contributed by atoms with E-state index in [-0.39, 0.29) is 42.1 Å². The molecule has 6 rings (SSSR count). The number of aliphatic hydroxyl groups excluding tert-OH is 1. The molecule has 2 spiro atoms. The summed E-state index contributed by atoms with van der Waals surface area (Å²) in [6, 6.07) is 7.97. The van der Waals surface area contributed by atoms with E-state index in [1.165, 1.54) is 12.1 Å². The van der Waals surface area contributed by atoms with Crippen LogP contribution in [0.5, 0.6) is 17.2 Å². The average molecular weight is 366 g/mol. The third kappa shape index (κ3) is 1.60. The first-order valence-corrected chi connectivity index (χ1v) is 8.78. The number of carbonyl (C=O) groups is 2. The van der Waals surface area contributed by atoms with Crippen LogP contribution in [0.2, 0.25) is 0 Å². The van der Waals surface area contributed by atoms with E-state index in [0.29, 0.717) is 28.2 Å². The van der Waals surface area contributed by atoms with Gasteiger partial charge < -0.3 is 19.7 Å². The smallest absolute Gasteiger partial charge is 0.271 e. The first kappa shape index (κ1) is 15.2. The van der Waals surface area contributed by atoms with Gasteiger partial charge in [-0.2, -0.15) is 0 Å². The Hall–Kier alpha value is -2.90. The van der Waals surface area contributed by atoms with Gasteiger partial charge in [-0.3, -0.25) is 14.3 Å². The van der Waals surface area contributed by atoms with E-state index in [1.54, 1.807) is 18.2 Å². The van der Waals surface area contributed by atoms with Gasteiger partial charge in [-0.15, -0.1) is 0 Å². The van der Waals surface area contributed by atoms with Crippen molar-refractivity contribution in [1.29, 1.82) is 0 Å². The lowest BCUT2D eigenvalue weighted by atomic mass is 9.77. The van der Waals surface area contributed by atoms with Crippen LogP contribution in [0.25, 0.3) is 0 Å². The number of ketones is 2. The Kier molecular flexibility index (Phi) is 2.53. The lowest BCUT2D eigenvalue weighted by Gasteiger charge is -2.56. The van der Waals surface area contributed by atoms with Gasteiger partial charge in [-0.1, -0.05) is 12.1 Å². The molecule has 7 nitrogen and oxygen atoms in total. The van der Waals surface area contributed by atoms with Gasteiger partial charge in [-0.05, 0) is 18.2 Å². The Balaban J connectivity index is 1.71. The van der Waals surface area contributed by atoms with Crippen LogP contribution in [0.4, 0.5) is 0 Å². The summed E-state index contributed by atoms with van der Waals surface area (Å²) in [5, 5.41) is 21.1. The second-order valence-corrected chi connectivity index (χ2v) is 7.30. The molecular weight excluding hydrogens is 352 g/mol. The number of phenolic OH excluding ortho intramolecular Hbond substituents is 1. The molecule has 2 aliphatic heterocycles. The molecule has 2 aliphatic carbocycles. The van der Waals surface area contributed by atoms with Crippen LogP contribution in [0.3, 0.4) is 0 Å². The Morgan fingerprint density at radius 2 is 1.81 bits per heavy atom. The van der Waals surface area contributed by atoms with E-state index in [0.717, 1.165) is 0 Å². The van der Waals surface area contributed by atoms with Crippen LogP contribution in [0.1, 0.15) is 51.1 Å². The van der Waals surface area contributed by atoms with Gasteiger partial charge in [-0.25, -0.2) is 0 Å². The molecule has 136 valence electrons. The number of hydrogen-bond donors (Lipinski definition) is 2. The minimum Gasteiger partial charge on any atom is -0.507 e. The number of benzene rings is 2. The van der Waals surface area contributed by atoms with Gasteiger partial charge in [0.15, 0.2) is 11.6 Å². The second-order valence-electron chi connectivity index (χ2n) is 7.30. The zero-order valence-corrected chi connectivity index (χ0v) is 14.0. The molecule has 0 saturated heterocycles. The summed E-state index contributed by atoms with van der Waals surface area (Å²) in [5.41, 5.74) is 1.22. The molecule has 2 bridgehead atoms. The predicted octanol–water partition coefficient (Wildman–Crippen LogP) is 2.12. The molecule has 2 N–H and O–H groups in total. The number of aliphatic hydroxyl groups is 1. The maximum Gasteiger partial charge on any atom is 0.271 e. The van der Waals surface area contributed by atoms with E-state index >= 15 is 0 Å². The van der Waals surface area contributed by atoms with E-state index in [2.05, 4.69) is 0 Å². The van der Waals surface area contributed by atoms with Crippen molar-refractivity contribution in [3.8, 4) is 17.2 Å². The molecule has 2 heterocycles. The fourth-order valence-corrected chi connectivity index (χ4v) is 4.71. The van der Waals surface area contributed by atoms with Gasteiger partial charge in [0.1, 0.15) is 23.4 Å². The highest BCUT2D eigenvalue weighted by Gasteiger charge is 2.65. The summed E-state index contributed by atoms with van der Waals surface area (Å²) < 4.78 is 18.6. The normalized spacial score (nSPS) is 32.1. The number of ether oxygens (including phenoxy) is 3. The van der Waals surface area contributed by atoms with Gasteiger partial charge in [0.25, 0.3) is 5.79 Å². The van der Waals surface area contributed by atoms with Crippen molar-refractivity contribution < 1.29 is 34.0 Å². The summed E-state index contributed by atoms with van der Waals surface area (Å²) in [6.07, 6.45) is -1.05. The van der Waals surface area contributed by atoms with Gasteiger partial charge >= 0.3 is 0 Å². The Morgan fingerprint density at radius 1 is 1.00 bits per heavy atom. The van der Waals surface area contributed by atoms with Gasteiger partial charge in [0, 0.05) is 24.8 Å². The van der Waals surface area contributed by atoms with Crippen LogP contribution >= 0.6 is 0 Å². The van der Waals surface area contributed by atoms with E-state index in [1.807, 2.05) is 0 Å². The van der Waals surface area contributed by atoms with Crippen molar-refractivity contribution in [2.45, 2.75) is 36.9 Å². The minimum atomic E-state index is -1.60. The van der Waals surface area contributed by atoms with Crippen molar-refractivity contribution in [3.05, 3.63) is 52.6 Å². The number of hydrogen-bond acceptors (Lipinski definition) is 7. The molecule has 3 unspecified atom stereocenters. The average Bonchev–Trinajstić information content (AvgIpc) is 2.64. The van der Waals surface area contributed by atoms with Crippen molar-refractivity contribution in [2.75, 3.05) is 0 Å². The van der Waals surface area contributed by atoms with Crippen molar-refractivity contribution in [3.63, 3.8) is 0 Å². The van der Waals surface area contributed by atoms with E-state index in [9.17, 15) is 19.8 Å². The first-order valence-electron chi connectivity index (χ1n) is 8.78. The van der Waals surface area contributed by atoms with Gasteiger partial charge in [0.2, 0.25) is 5.79 Å². The highest BCUT2D eigenvalue weighted by molar-refractivity contribution is 6.03. The molecule has 2 aromatic carbocycles. The minimum absolute atomic E-state index is 0.115. The van der Waals surface area contributed by atoms with Crippen molar-refractivity contribution >= 4 is 11.6 Å². The first-order chi connectivity index (χ1) is 13.0. The largest absolute Gasteiger partial charge is 0.507 e. The highest BCUT2D eigenvalue weighted by atomic mass is 16.8. The SMILES string of the molecule is O=C1CC(O)C23Oc4ccc(O)c5c4C(CCC5=O)(Oc4cccc1c42)O3. The lowest BCUT2D eigenvalue weighted by Crippen LogP contribution is -2.63. The molecule has 4 aliphatic rings. The molecule has 0 aromatic heterocycles. The second kappa shape index (κ2) is 4.49. The zero-order valence-electron chi connectivity index (χ0n) is 14.0. The number of Topliss-reactive ketones (excluding diaryl/α,β-unsaturated/α-hetero) is 2. The number of rotatable bonds is 0. The lowest BCUT2D eigenvalue weighted by molar-refractivity contribution is -0.385. The van der Waals surface area contributed by atoms with Crippen molar-refractivity contribution in [2.24, 2.45) is 0 Å². The fraction of sp³-hybridized carbons (Fsp3) is 0.300. The summed E-state index contributed by atoms with van der Waals surface area (Å²) in [5.74, 6) is -2.89. The van der Waals surface area contributed by atoms with Gasteiger partial charge in [0.05, 0.1) is 16.7 Å². The Morgan fingerprint density at radius 3 is 2.67 bits per heavy atom. The summed E-state index contributed by atoms with van der Waals surface area (Å²) in [6.45, 7) is 0. The Labute approximate surface area is 153 Å². The van der Waals surface area contributed by atoms with Crippen LogP contribution < -0.4 is 9.47 Å². The standard InChI is InChI=1S/C20H14O7/c21-10-4-5-14-18-16(10)11(22)6-7-19(18)25-13-3-1-2-9-12(23)8-15(24)20(26-14,27-19)17(9)13/h1-5,15,21,24H,6-8H2. The monoisotopic (exact) mass is 366 g/mol. The molecular formula is C20H14O7. The topological polar surface area (TPSA) is 102 Å². The number of carbonyl (C=O) groups excluding carboxylic acids is 2. The molecule has 0 fully saturated rings. The van der Waals surface area contributed by atoms with E-state index < -0.39 is 17.7 Å². The highest BCUT2D eigenvalue weighted by Crippen LogP contribution is 2.61. The molecule has 2 aromatic rings.